The summed E-state index contributed by atoms with van der Waals surface area (Å²) in [6.45, 7) is 4.02. The maximum Gasteiger partial charge on any atom is 0.0641 e. The highest BCUT2D eigenvalue weighted by atomic mass is 15.3. The number of hydrogen-bond acceptors (Lipinski definition) is 3. The van der Waals surface area contributed by atoms with Gasteiger partial charge >= 0.3 is 0 Å². The van der Waals surface area contributed by atoms with Gasteiger partial charge in [0.1, 0.15) is 0 Å². The predicted octanol–water partition coefficient (Wildman–Crippen LogP) is 1.99. The summed E-state index contributed by atoms with van der Waals surface area (Å²) in [6.07, 6.45) is 9.09. The molecule has 0 bridgehead atoms. The molecule has 1 aliphatic carbocycles. The molecular weight excluding hydrogens is 236 g/mol. The summed E-state index contributed by atoms with van der Waals surface area (Å²) in [4.78, 5) is 2.69. The van der Waals surface area contributed by atoms with E-state index in [1.807, 2.05) is 11.7 Å². The molecule has 1 saturated carbocycles. The van der Waals surface area contributed by atoms with Crippen LogP contribution >= 0.6 is 0 Å². The highest BCUT2D eigenvalue weighted by Gasteiger charge is 2.38. The molecule has 1 aromatic heterocycles. The van der Waals surface area contributed by atoms with Gasteiger partial charge in [0.15, 0.2) is 0 Å². The van der Waals surface area contributed by atoms with Crippen LogP contribution in [0.3, 0.4) is 0 Å². The number of rotatable bonds is 3. The topological polar surface area (TPSA) is 47.1 Å². The van der Waals surface area contributed by atoms with Crippen LogP contribution in [0.4, 0.5) is 0 Å². The number of nitrogens with two attached hydrogens (primary N) is 1. The van der Waals surface area contributed by atoms with Crippen molar-refractivity contribution in [3.63, 3.8) is 0 Å². The van der Waals surface area contributed by atoms with E-state index in [1.165, 1.54) is 44.2 Å². The molecule has 19 heavy (non-hydrogen) atoms. The van der Waals surface area contributed by atoms with Gasteiger partial charge < -0.3 is 5.73 Å². The van der Waals surface area contributed by atoms with Crippen molar-refractivity contribution in [2.24, 2.45) is 18.7 Å². The zero-order chi connectivity index (χ0) is 13.4. The summed E-state index contributed by atoms with van der Waals surface area (Å²) in [5.74, 6) is 0.916. The lowest BCUT2D eigenvalue weighted by atomic mass is 9.89. The molecule has 0 amide bonds. The summed E-state index contributed by atoms with van der Waals surface area (Å²) < 4.78 is 1.92. The molecule has 2 aliphatic rings. The molecule has 2 heterocycles. The number of likely N-dealkylation sites (tertiary alicyclic amines) is 1. The fourth-order valence-corrected chi connectivity index (χ4v) is 4.27. The molecule has 4 nitrogen and oxygen atoms in total. The van der Waals surface area contributed by atoms with Gasteiger partial charge in [-0.25, -0.2) is 0 Å². The van der Waals surface area contributed by atoms with E-state index in [2.05, 4.69) is 23.1 Å². The molecule has 3 unspecified atom stereocenters. The number of aryl methyl sites for hydroxylation is 2. The number of aromatic nitrogens is 2. The van der Waals surface area contributed by atoms with E-state index in [0.29, 0.717) is 12.6 Å². The molecule has 3 atom stereocenters. The summed E-state index contributed by atoms with van der Waals surface area (Å²) in [7, 11) is 2.00. The Bertz CT molecular complexity index is 439. The maximum absolute atomic E-state index is 6.12. The van der Waals surface area contributed by atoms with E-state index in [9.17, 15) is 0 Å². The quantitative estimate of drug-likeness (QED) is 0.906. The summed E-state index contributed by atoms with van der Waals surface area (Å²) in [5.41, 5.74) is 8.59. The Balaban J connectivity index is 1.87. The lowest BCUT2D eigenvalue weighted by Gasteiger charge is -2.42. The van der Waals surface area contributed by atoms with Crippen LogP contribution in [-0.4, -0.2) is 33.8 Å². The highest BCUT2D eigenvalue weighted by molar-refractivity contribution is 5.21. The number of piperidine rings is 1. The third-order valence-corrected chi connectivity index (χ3v) is 5.07. The second-order valence-corrected chi connectivity index (χ2v) is 6.23. The molecule has 106 valence electrons. The normalized spacial score (nSPS) is 29.4. The molecule has 0 aromatic carbocycles. The van der Waals surface area contributed by atoms with Crippen LogP contribution in [0.15, 0.2) is 6.20 Å². The molecule has 4 heteroatoms. The van der Waals surface area contributed by atoms with Gasteiger partial charge in [0.2, 0.25) is 0 Å². The Kier molecular flexibility index (Phi) is 3.63. The standard InChI is InChI=1S/C15H26N4/c1-11-13(10-18(2)17-11)15(9-16)19-8-4-6-12-5-3-7-14(12)19/h10,12,14-15H,3-9,16H2,1-2H3. The van der Waals surface area contributed by atoms with Crippen LogP contribution < -0.4 is 5.73 Å². The zero-order valence-corrected chi connectivity index (χ0v) is 12.2. The minimum Gasteiger partial charge on any atom is -0.329 e. The summed E-state index contributed by atoms with van der Waals surface area (Å²) in [6, 6.07) is 1.13. The lowest BCUT2D eigenvalue weighted by Crippen LogP contribution is -2.46. The molecule has 1 aliphatic heterocycles. The Hall–Kier alpha value is -0.870. The van der Waals surface area contributed by atoms with E-state index < -0.39 is 0 Å². The first-order valence-electron chi connectivity index (χ1n) is 7.66. The maximum atomic E-state index is 6.12. The third kappa shape index (κ3) is 2.32. The zero-order valence-electron chi connectivity index (χ0n) is 12.2. The summed E-state index contributed by atoms with van der Waals surface area (Å²) >= 11 is 0. The Labute approximate surface area is 116 Å². The van der Waals surface area contributed by atoms with Gasteiger partial charge in [-0.05, 0) is 45.1 Å². The fraction of sp³-hybridized carbons (Fsp3) is 0.800. The second kappa shape index (κ2) is 5.25. The number of nitrogens with zero attached hydrogens (tertiary/aromatic N) is 3. The minimum atomic E-state index is 0.361. The van der Waals surface area contributed by atoms with E-state index in [4.69, 9.17) is 5.73 Å². The van der Waals surface area contributed by atoms with Crippen LogP contribution in [0.2, 0.25) is 0 Å². The van der Waals surface area contributed by atoms with Crippen molar-refractivity contribution in [3.05, 3.63) is 17.5 Å². The highest BCUT2D eigenvalue weighted by Crippen LogP contribution is 2.40. The van der Waals surface area contributed by atoms with Crippen molar-refractivity contribution in [1.29, 1.82) is 0 Å². The van der Waals surface area contributed by atoms with Crippen molar-refractivity contribution >= 4 is 0 Å². The van der Waals surface area contributed by atoms with Gasteiger partial charge in [-0.3, -0.25) is 9.58 Å². The predicted molar refractivity (Wildman–Crippen MR) is 76.8 cm³/mol. The first kappa shape index (κ1) is 13.1. The van der Waals surface area contributed by atoms with E-state index >= 15 is 0 Å². The van der Waals surface area contributed by atoms with Gasteiger partial charge in [-0.2, -0.15) is 5.10 Å². The first-order valence-corrected chi connectivity index (χ1v) is 7.66. The van der Waals surface area contributed by atoms with Gasteiger partial charge in [-0.1, -0.05) is 6.42 Å². The van der Waals surface area contributed by atoms with Crippen LogP contribution in [-0.2, 0) is 7.05 Å². The Morgan fingerprint density at radius 1 is 1.37 bits per heavy atom. The van der Waals surface area contributed by atoms with Gasteiger partial charge in [0, 0.05) is 31.4 Å². The smallest absolute Gasteiger partial charge is 0.0641 e. The minimum absolute atomic E-state index is 0.361. The molecule has 0 spiro atoms. The average Bonchev–Trinajstić information content (AvgIpc) is 2.98. The largest absolute Gasteiger partial charge is 0.329 e. The molecular formula is C15H26N4. The van der Waals surface area contributed by atoms with Crippen LogP contribution in [0.25, 0.3) is 0 Å². The van der Waals surface area contributed by atoms with E-state index in [-0.39, 0.29) is 0 Å². The van der Waals surface area contributed by atoms with Crippen LogP contribution in [0.5, 0.6) is 0 Å². The Morgan fingerprint density at radius 2 is 2.16 bits per heavy atom. The molecule has 1 saturated heterocycles. The van der Waals surface area contributed by atoms with E-state index in [0.717, 1.165) is 17.7 Å². The second-order valence-electron chi connectivity index (χ2n) is 6.23. The van der Waals surface area contributed by atoms with Crippen molar-refractivity contribution in [3.8, 4) is 0 Å². The third-order valence-electron chi connectivity index (χ3n) is 5.07. The summed E-state index contributed by atoms with van der Waals surface area (Å²) in [5, 5.41) is 4.49. The number of fused-ring (bicyclic) bond motifs is 1. The van der Waals surface area contributed by atoms with Gasteiger partial charge in [0.25, 0.3) is 0 Å². The lowest BCUT2D eigenvalue weighted by molar-refractivity contribution is 0.0698. The average molecular weight is 262 g/mol. The van der Waals surface area contributed by atoms with Gasteiger partial charge in [0.05, 0.1) is 11.7 Å². The molecule has 2 N–H and O–H groups in total. The van der Waals surface area contributed by atoms with Crippen LogP contribution in [0.1, 0.15) is 49.4 Å². The molecule has 2 fully saturated rings. The fourth-order valence-electron chi connectivity index (χ4n) is 4.27. The molecule has 3 rings (SSSR count). The van der Waals surface area contributed by atoms with Crippen molar-refractivity contribution in [2.45, 2.75) is 51.1 Å². The van der Waals surface area contributed by atoms with Gasteiger partial charge in [-0.15, -0.1) is 0 Å². The van der Waals surface area contributed by atoms with Crippen molar-refractivity contribution in [1.82, 2.24) is 14.7 Å². The Morgan fingerprint density at radius 3 is 2.84 bits per heavy atom. The van der Waals surface area contributed by atoms with Crippen molar-refractivity contribution in [2.75, 3.05) is 13.1 Å². The monoisotopic (exact) mass is 262 g/mol. The SMILES string of the molecule is Cc1nn(C)cc1C(CN)N1CCCC2CCCC21. The van der Waals surface area contributed by atoms with E-state index in [1.54, 1.807) is 0 Å². The molecule has 1 aromatic rings. The van der Waals surface area contributed by atoms with Crippen LogP contribution in [0, 0.1) is 12.8 Å². The van der Waals surface area contributed by atoms with Crippen molar-refractivity contribution < 1.29 is 0 Å². The number of hydrogen-bond donors (Lipinski definition) is 1. The first-order chi connectivity index (χ1) is 9.20. The molecule has 0 radical (unpaired) electrons.